The first kappa shape index (κ1) is 15.3. The summed E-state index contributed by atoms with van der Waals surface area (Å²) in [5.41, 5.74) is 0. The Kier molecular flexibility index (Phi) is 3.84. The highest BCUT2D eigenvalue weighted by Crippen LogP contribution is 2.33. The van der Waals surface area contributed by atoms with Crippen molar-refractivity contribution in [3.8, 4) is 0 Å². The van der Waals surface area contributed by atoms with Gasteiger partial charge in [0.25, 0.3) is 0 Å². The molecular weight excluding hydrogens is 326 g/mol. The largest absolute Gasteiger partial charge is 0.480 e. The summed E-state index contributed by atoms with van der Waals surface area (Å²) in [7, 11) is -3.88. The molecule has 0 unspecified atom stereocenters. The third-order valence-electron chi connectivity index (χ3n) is 3.91. The summed E-state index contributed by atoms with van der Waals surface area (Å²) in [4.78, 5) is 11.4. The number of nitrogens with zero attached hydrogens (tertiary/aromatic N) is 1. The standard InChI is InChI=1S/C15H14ClNO4S/c16-12-7-8-14(11-5-2-1-4-10(11)12)22(20,21)17-9-3-6-13(17)15(18)19/h1-2,4-5,7-8,13H,3,6,9H2,(H,18,19)/t13-/m0/s1. The number of fused-ring (bicyclic) bond motifs is 1. The molecule has 2 aromatic carbocycles. The van der Waals surface area contributed by atoms with Crippen LogP contribution in [0.15, 0.2) is 41.3 Å². The second-order valence-electron chi connectivity index (χ2n) is 5.20. The highest BCUT2D eigenvalue weighted by Gasteiger charge is 2.40. The monoisotopic (exact) mass is 339 g/mol. The fraction of sp³-hybridized carbons (Fsp3) is 0.267. The van der Waals surface area contributed by atoms with Crippen molar-refractivity contribution in [3.63, 3.8) is 0 Å². The lowest BCUT2D eigenvalue weighted by molar-refractivity contribution is -0.140. The Morgan fingerprint density at radius 2 is 1.86 bits per heavy atom. The van der Waals surface area contributed by atoms with Crippen LogP contribution in [0.3, 0.4) is 0 Å². The molecule has 3 rings (SSSR count). The lowest BCUT2D eigenvalue weighted by atomic mass is 10.1. The normalized spacial score (nSPS) is 19.6. The van der Waals surface area contributed by atoms with Crippen LogP contribution in [0, 0.1) is 0 Å². The molecule has 1 aliphatic heterocycles. The van der Waals surface area contributed by atoms with Crippen LogP contribution in [0.5, 0.6) is 0 Å². The van der Waals surface area contributed by atoms with Crippen molar-refractivity contribution in [1.82, 2.24) is 4.31 Å². The Hall–Kier alpha value is -1.63. The van der Waals surface area contributed by atoms with E-state index in [0.29, 0.717) is 28.6 Å². The predicted octanol–water partition coefficient (Wildman–Crippen LogP) is 2.73. The Morgan fingerprint density at radius 3 is 2.55 bits per heavy atom. The number of carboxylic acids is 1. The van der Waals surface area contributed by atoms with Crippen LogP contribution in [0.1, 0.15) is 12.8 Å². The van der Waals surface area contributed by atoms with Crippen LogP contribution in [0.4, 0.5) is 0 Å². The molecule has 1 saturated heterocycles. The number of hydrogen-bond donors (Lipinski definition) is 1. The van der Waals surface area contributed by atoms with Crippen molar-refractivity contribution in [2.75, 3.05) is 6.54 Å². The zero-order valence-corrected chi connectivity index (χ0v) is 13.1. The van der Waals surface area contributed by atoms with Crippen molar-refractivity contribution >= 4 is 38.4 Å². The predicted molar refractivity (Wildman–Crippen MR) is 83.5 cm³/mol. The van der Waals surface area contributed by atoms with Gasteiger partial charge in [-0.2, -0.15) is 4.31 Å². The SMILES string of the molecule is O=C(O)[C@@H]1CCCN1S(=O)(=O)c1ccc(Cl)c2ccccc12. The molecule has 0 spiro atoms. The molecule has 0 aliphatic carbocycles. The molecule has 0 bridgehead atoms. The van der Waals surface area contributed by atoms with Gasteiger partial charge in [0.1, 0.15) is 6.04 Å². The zero-order chi connectivity index (χ0) is 15.9. The van der Waals surface area contributed by atoms with Crippen molar-refractivity contribution in [1.29, 1.82) is 0 Å². The van der Waals surface area contributed by atoms with E-state index < -0.39 is 22.0 Å². The van der Waals surface area contributed by atoms with E-state index in [4.69, 9.17) is 11.6 Å². The molecular formula is C15H14ClNO4S. The number of benzene rings is 2. The molecule has 5 nitrogen and oxygen atoms in total. The van der Waals surface area contributed by atoms with Crippen LogP contribution in [-0.4, -0.2) is 36.4 Å². The zero-order valence-electron chi connectivity index (χ0n) is 11.6. The number of sulfonamides is 1. The summed E-state index contributed by atoms with van der Waals surface area (Å²) >= 11 is 6.12. The van der Waals surface area contributed by atoms with Crippen molar-refractivity contribution in [3.05, 3.63) is 41.4 Å². The number of hydrogen-bond acceptors (Lipinski definition) is 3. The second-order valence-corrected chi connectivity index (χ2v) is 7.47. The molecule has 1 fully saturated rings. The van der Waals surface area contributed by atoms with Crippen molar-refractivity contribution < 1.29 is 18.3 Å². The summed E-state index contributed by atoms with van der Waals surface area (Å²) in [6, 6.07) is 8.91. The minimum Gasteiger partial charge on any atom is -0.480 e. The molecule has 0 radical (unpaired) electrons. The van der Waals surface area contributed by atoms with Gasteiger partial charge in [-0.25, -0.2) is 8.42 Å². The first-order valence-corrected chi connectivity index (χ1v) is 8.66. The van der Waals surface area contributed by atoms with Gasteiger partial charge in [0, 0.05) is 22.3 Å². The second kappa shape index (κ2) is 5.53. The first-order chi connectivity index (χ1) is 10.4. The van der Waals surface area contributed by atoms with Gasteiger partial charge in [-0.1, -0.05) is 35.9 Å². The minimum absolute atomic E-state index is 0.0978. The molecule has 2 aromatic rings. The van der Waals surface area contributed by atoms with E-state index in [2.05, 4.69) is 0 Å². The van der Waals surface area contributed by atoms with Gasteiger partial charge in [0.15, 0.2) is 0 Å². The van der Waals surface area contributed by atoms with E-state index in [9.17, 15) is 18.3 Å². The maximum absolute atomic E-state index is 12.9. The quantitative estimate of drug-likeness (QED) is 0.933. The fourth-order valence-electron chi connectivity index (χ4n) is 2.86. The number of carboxylic acid groups (broad SMARTS) is 1. The van der Waals surface area contributed by atoms with Crippen LogP contribution < -0.4 is 0 Å². The molecule has 116 valence electrons. The molecule has 1 aliphatic rings. The molecule has 0 aromatic heterocycles. The smallest absolute Gasteiger partial charge is 0.322 e. The van der Waals surface area contributed by atoms with Crippen molar-refractivity contribution in [2.24, 2.45) is 0 Å². The molecule has 0 amide bonds. The van der Waals surface area contributed by atoms with Crippen LogP contribution in [0.2, 0.25) is 5.02 Å². The van der Waals surface area contributed by atoms with Gasteiger partial charge in [-0.15, -0.1) is 0 Å². The molecule has 22 heavy (non-hydrogen) atoms. The number of carbonyl (C=O) groups is 1. The van der Waals surface area contributed by atoms with Gasteiger partial charge in [0.05, 0.1) is 4.90 Å². The topological polar surface area (TPSA) is 74.7 Å². The molecule has 1 heterocycles. The van der Waals surface area contributed by atoms with E-state index in [1.165, 1.54) is 12.1 Å². The number of aliphatic carboxylic acids is 1. The maximum atomic E-state index is 12.9. The van der Waals surface area contributed by atoms with Gasteiger partial charge in [-0.05, 0) is 25.0 Å². The minimum atomic E-state index is -3.88. The van der Waals surface area contributed by atoms with Gasteiger partial charge < -0.3 is 5.11 Å². The summed E-state index contributed by atoms with van der Waals surface area (Å²) < 4.78 is 26.9. The fourth-order valence-corrected chi connectivity index (χ4v) is 4.94. The Bertz CT molecular complexity index is 850. The van der Waals surface area contributed by atoms with Gasteiger partial charge >= 0.3 is 5.97 Å². The van der Waals surface area contributed by atoms with Gasteiger partial charge in [-0.3, -0.25) is 4.79 Å². The van der Waals surface area contributed by atoms with Crippen LogP contribution >= 0.6 is 11.6 Å². The third-order valence-corrected chi connectivity index (χ3v) is 6.20. The van der Waals surface area contributed by atoms with Crippen LogP contribution in [-0.2, 0) is 14.8 Å². The molecule has 7 heteroatoms. The van der Waals surface area contributed by atoms with E-state index in [0.717, 1.165) is 4.31 Å². The first-order valence-electron chi connectivity index (χ1n) is 6.85. The Balaban J connectivity index is 2.18. The Morgan fingerprint density at radius 1 is 1.18 bits per heavy atom. The lowest BCUT2D eigenvalue weighted by Crippen LogP contribution is -2.40. The lowest BCUT2D eigenvalue weighted by Gasteiger charge is -2.22. The summed E-state index contributed by atoms with van der Waals surface area (Å²) in [5, 5.41) is 10.8. The summed E-state index contributed by atoms with van der Waals surface area (Å²) in [6.45, 7) is 0.219. The highest BCUT2D eigenvalue weighted by molar-refractivity contribution is 7.89. The Labute approximate surface area is 133 Å². The van der Waals surface area contributed by atoms with E-state index in [1.807, 2.05) is 0 Å². The van der Waals surface area contributed by atoms with E-state index >= 15 is 0 Å². The maximum Gasteiger partial charge on any atom is 0.322 e. The third kappa shape index (κ3) is 2.37. The van der Waals surface area contributed by atoms with E-state index in [1.54, 1.807) is 24.3 Å². The average molecular weight is 340 g/mol. The molecule has 1 atom stereocenters. The number of rotatable bonds is 3. The van der Waals surface area contributed by atoms with Crippen LogP contribution in [0.25, 0.3) is 10.8 Å². The average Bonchev–Trinajstić information content (AvgIpc) is 2.98. The van der Waals surface area contributed by atoms with Gasteiger partial charge in [0.2, 0.25) is 10.0 Å². The molecule has 0 saturated carbocycles. The van der Waals surface area contributed by atoms with Crippen molar-refractivity contribution in [2.45, 2.75) is 23.8 Å². The number of halogens is 1. The molecule has 1 N–H and O–H groups in total. The highest BCUT2D eigenvalue weighted by atomic mass is 35.5. The summed E-state index contributed by atoms with van der Waals surface area (Å²) in [6.07, 6.45) is 0.877. The summed E-state index contributed by atoms with van der Waals surface area (Å²) in [5.74, 6) is -1.11. The van der Waals surface area contributed by atoms with E-state index in [-0.39, 0.29) is 11.4 Å².